The molecule has 19 heavy (non-hydrogen) atoms. The van der Waals surface area contributed by atoms with E-state index in [0.717, 1.165) is 6.54 Å². The van der Waals surface area contributed by atoms with Crippen molar-refractivity contribution in [2.45, 2.75) is 25.8 Å². The second-order valence-corrected chi connectivity index (χ2v) is 5.03. The molecule has 0 fully saturated rings. The van der Waals surface area contributed by atoms with E-state index in [0.29, 0.717) is 6.42 Å². The van der Waals surface area contributed by atoms with Crippen LogP contribution in [-0.4, -0.2) is 39.3 Å². The summed E-state index contributed by atoms with van der Waals surface area (Å²) >= 11 is 0. The van der Waals surface area contributed by atoms with Gasteiger partial charge in [-0.1, -0.05) is 18.2 Å². The van der Waals surface area contributed by atoms with E-state index < -0.39 is 5.54 Å². The monoisotopic (exact) mass is 264 g/mol. The molecule has 4 nitrogen and oxygen atoms in total. The largest absolute Gasteiger partial charge is 0.468 e. The number of nitrogens with zero attached hydrogens (tertiary/aromatic N) is 1. The Hall–Kier alpha value is -1.55. The minimum Gasteiger partial charge on any atom is -0.468 e. The fourth-order valence-corrected chi connectivity index (χ4v) is 2.06. The number of esters is 1. The average molecular weight is 264 g/mol. The predicted molar refractivity (Wildman–Crippen MR) is 78.5 cm³/mol. The fraction of sp³-hybridized carbons (Fsp3) is 0.533. The van der Waals surface area contributed by atoms with Gasteiger partial charge in [0.25, 0.3) is 0 Å². The van der Waals surface area contributed by atoms with Gasteiger partial charge in [0.15, 0.2) is 0 Å². The van der Waals surface area contributed by atoms with Crippen LogP contribution in [0.25, 0.3) is 0 Å². The molecule has 0 spiro atoms. The highest BCUT2D eigenvalue weighted by atomic mass is 16.5. The normalized spacial score (nSPS) is 13.7. The van der Waals surface area contributed by atoms with Gasteiger partial charge in [0.2, 0.25) is 0 Å². The summed E-state index contributed by atoms with van der Waals surface area (Å²) in [5, 5.41) is 3.05. The highest BCUT2D eigenvalue weighted by Gasteiger charge is 2.32. The van der Waals surface area contributed by atoms with Crippen molar-refractivity contribution in [3.05, 3.63) is 29.8 Å². The zero-order valence-electron chi connectivity index (χ0n) is 12.5. The highest BCUT2D eigenvalue weighted by Crippen LogP contribution is 2.20. The molecular weight excluding hydrogens is 240 g/mol. The van der Waals surface area contributed by atoms with Crippen molar-refractivity contribution < 1.29 is 9.53 Å². The molecule has 0 aromatic heterocycles. The van der Waals surface area contributed by atoms with Gasteiger partial charge in [-0.05, 0) is 38.9 Å². The number of methoxy groups -OCH3 is 1. The Morgan fingerprint density at radius 2 is 2.05 bits per heavy atom. The number of rotatable bonds is 6. The van der Waals surface area contributed by atoms with Crippen LogP contribution in [0.15, 0.2) is 24.3 Å². The molecule has 0 aliphatic rings. The summed E-state index contributed by atoms with van der Waals surface area (Å²) in [5.41, 5.74) is 1.77. The Morgan fingerprint density at radius 3 is 2.58 bits per heavy atom. The van der Waals surface area contributed by atoms with Crippen LogP contribution in [-0.2, 0) is 9.53 Å². The summed E-state index contributed by atoms with van der Waals surface area (Å²) in [6.45, 7) is 4.73. The van der Waals surface area contributed by atoms with Crippen molar-refractivity contribution >= 4 is 11.7 Å². The predicted octanol–water partition coefficient (Wildman–Crippen LogP) is 1.97. The molecule has 1 rings (SSSR count). The topological polar surface area (TPSA) is 41.6 Å². The second kappa shape index (κ2) is 6.57. The van der Waals surface area contributed by atoms with E-state index >= 15 is 0 Å². The summed E-state index contributed by atoms with van der Waals surface area (Å²) in [6.07, 6.45) is 0.682. The minimum absolute atomic E-state index is 0.229. The first-order valence-corrected chi connectivity index (χ1v) is 6.48. The Balaban J connectivity index is 2.71. The number of nitrogens with one attached hydrogen (secondary N) is 1. The number of carbonyl (C=O) groups excluding carboxylic acids is 1. The zero-order chi connectivity index (χ0) is 14.5. The maximum atomic E-state index is 11.8. The number of likely N-dealkylation sites (N-methyl/N-ethyl adjacent to an activating group) is 1. The van der Waals surface area contributed by atoms with E-state index in [1.54, 1.807) is 7.05 Å². The summed E-state index contributed by atoms with van der Waals surface area (Å²) in [6, 6.07) is 8.23. The van der Waals surface area contributed by atoms with E-state index in [2.05, 4.69) is 29.3 Å². The molecule has 4 heteroatoms. The number of benzene rings is 1. The molecule has 1 aromatic carbocycles. The quantitative estimate of drug-likeness (QED) is 0.798. The number of anilines is 1. The van der Waals surface area contributed by atoms with E-state index in [4.69, 9.17) is 4.74 Å². The SMILES string of the molecule is CNC(C)(CCN(C)c1ccccc1C)C(=O)OC. The maximum Gasteiger partial charge on any atom is 0.325 e. The van der Waals surface area contributed by atoms with Gasteiger partial charge in [-0.2, -0.15) is 0 Å². The van der Waals surface area contributed by atoms with Gasteiger partial charge in [0.05, 0.1) is 7.11 Å². The molecule has 1 atom stereocenters. The summed E-state index contributed by atoms with van der Waals surface area (Å²) in [4.78, 5) is 13.9. The van der Waals surface area contributed by atoms with Crippen LogP contribution in [0, 0.1) is 6.92 Å². The van der Waals surface area contributed by atoms with E-state index in [1.807, 2.05) is 26.1 Å². The summed E-state index contributed by atoms with van der Waals surface area (Å²) in [7, 11) is 5.24. The standard InChI is InChI=1S/C15H24N2O2/c1-12-8-6-7-9-13(12)17(4)11-10-15(2,16-3)14(18)19-5/h6-9,16H,10-11H2,1-5H3. The van der Waals surface area contributed by atoms with Gasteiger partial charge in [-0.15, -0.1) is 0 Å². The van der Waals surface area contributed by atoms with Gasteiger partial charge >= 0.3 is 5.97 Å². The Labute approximate surface area is 115 Å². The summed E-state index contributed by atoms with van der Waals surface area (Å²) < 4.78 is 4.85. The van der Waals surface area contributed by atoms with Gasteiger partial charge in [-0.3, -0.25) is 4.79 Å². The Kier molecular flexibility index (Phi) is 5.36. The molecular formula is C15H24N2O2. The Morgan fingerprint density at radius 1 is 1.42 bits per heavy atom. The van der Waals surface area contributed by atoms with E-state index in [1.165, 1.54) is 18.4 Å². The summed E-state index contributed by atoms with van der Waals surface area (Å²) in [5.74, 6) is -0.229. The number of ether oxygens (including phenoxy) is 1. The van der Waals surface area contributed by atoms with Crippen molar-refractivity contribution in [1.29, 1.82) is 0 Å². The third-order valence-electron chi connectivity index (χ3n) is 3.66. The average Bonchev–Trinajstić information content (AvgIpc) is 2.43. The van der Waals surface area contributed by atoms with Crippen LogP contribution in [0.3, 0.4) is 0 Å². The van der Waals surface area contributed by atoms with E-state index in [9.17, 15) is 4.79 Å². The molecule has 0 aliphatic carbocycles. The lowest BCUT2D eigenvalue weighted by Crippen LogP contribution is -2.50. The Bertz CT molecular complexity index is 434. The first kappa shape index (κ1) is 15.5. The van der Waals surface area contributed by atoms with E-state index in [-0.39, 0.29) is 5.97 Å². The third-order valence-corrected chi connectivity index (χ3v) is 3.66. The minimum atomic E-state index is -0.647. The van der Waals surface area contributed by atoms with Gasteiger partial charge in [0.1, 0.15) is 5.54 Å². The van der Waals surface area contributed by atoms with Crippen LogP contribution >= 0.6 is 0 Å². The lowest BCUT2D eigenvalue weighted by molar-refractivity contribution is -0.147. The zero-order valence-corrected chi connectivity index (χ0v) is 12.5. The molecule has 106 valence electrons. The number of aryl methyl sites for hydroxylation is 1. The smallest absolute Gasteiger partial charge is 0.325 e. The lowest BCUT2D eigenvalue weighted by atomic mass is 9.97. The molecule has 0 saturated heterocycles. The molecule has 0 bridgehead atoms. The number of hydrogen-bond acceptors (Lipinski definition) is 4. The van der Waals surface area contributed by atoms with Gasteiger partial charge in [-0.25, -0.2) is 0 Å². The fourth-order valence-electron chi connectivity index (χ4n) is 2.06. The molecule has 0 heterocycles. The molecule has 0 saturated carbocycles. The van der Waals surface area contributed by atoms with Crippen molar-refractivity contribution in [2.24, 2.45) is 0 Å². The van der Waals surface area contributed by atoms with Crippen molar-refractivity contribution in [3.63, 3.8) is 0 Å². The number of carbonyl (C=O) groups is 1. The van der Waals surface area contributed by atoms with Crippen molar-refractivity contribution in [1.82, 2.24) is 5.32 Å². The molecule has 0 amide bonds. The number of hydrogen-bond donors (Lipinski definition) is 1. The second-order valence-electron chi connectivity index (χ2n) is 5.03. The van der Waals surface area contributed by atoms with Crippen LogP contribution in [0.2, 0.25) is 0 Å². The van der Waals surface area contributed by atoms with Gasteiger partial charge < -0.3 is 15.0 Å². The number of para-hydroxylation sites is 1. The molecule has 0 radical (unpaired) electrons. The molecule has 0 aliphatic heterocycles. The van der Waals surface area contributed by atoms with Gasteiger partial charge in [0, 0.05) is 19.3 Å². The molecule has 1 N–H and O–H groups in total. The van der Waals surface area contributed by atoms with Crippen LogP contribution in [0.5, 0.6) is 0 Å². The van der Waals surface area contributed by atoms with Crippen LogP contribution < -0.4 is 10.2 Å². The lowest BCUT2D eigenvalue weighted by Gasteiger charge is -2.29. The third kappa shape index (κ3) is 3.70. The first-order chi connectivity index (χ1) is 8.94. The maximum absolute atomic E-state index is 11.8. The van der Waals surface area contributed by atoms with Crippen LogP contribution in [0.4, 0.5) is 5.69 Å². The molecule has 1 unspecified atom stereocenters. The van der Waals surface area contributed by atoms with Crippen molar-refractivity contribution in [3.8, 4) is 0 Å². The van der Waals surface area contributed by atoms with Crippen LogP contribution in [0.1, 0.15) is 18.9 Å². The first-order valence-electron chi connectivity index (χ1n) is 6.48. The highest BCUT2D eigenvalue weighted by molar-refractivity contribution is 5.80. The van der Waals surface area contributed by atoms with Crippen molar-refractivity contribution in [2.75, 3.05) is 32.6 Å². The molecule has 1 aromatic rings.